The van der Waals surface area contributed by atoms with Crippen LogP contribution >= 0.6 is 0 Å². The molecule has 0 amide bonds. The number of anilines is 1. The second kappa shape index (κ2) is 4.22. The second-order valence-electron chi connectivity index (χ2n) is 2.42. The van der Waals surface area contributed by atoms with Gasteiger partial charge in [-0.15, -0.1) is 0 Å². The van der Waals surface area contributed by atoms with Gasteiger partial charge in [0.15, 0.2) is 11.4 Å². The van der Waals surface area contributed by atoms with Crippen molar-refractivity contribution in [1.82, 2.24) is 5.43 Å². The molecule has 4 nitrogen and oxygen atoms in total. The summed E-state index contributed by atoms with van der Waals surface area (Å²) in [5.41, 5.74) is 5.40. The summed E-state index contributed by atoms with van der Waals surface area (Å²) in [5.74, 6) is -0.558. The summed E-state index contributed by atoms with van der Waals surface area (Å²) in [4.78, 5) is 6.18. The molecule has 0 saturated carbocycles. The summed E-state index contributed by atoms with van der Waals surface area (Å²) in [5, 5.41) is 0. The van der Waals surface area contributed by atoms with E-state index in [1.54, 1.807) is 7.05 Å². The van der Waals surface area contributed by atoms with Crippen molar-refractivity contribution in [2.45, 2.75) is 0 Å². The molecule has 1 aromatic rings. The lowest BCUT2D eigenvalue weighted by atomic mass is 10.2. The Kier molecular flexibility index (Phi) is 3.01. The highest BCUT2D eigenvalue weighted by Crippen LogP contribution is 2.32. The predicted molar refractivity (Wildman–Crippen MR) is 51.6 cm³/mol. The minimum atomic E-state index is -0.558. The zero-order valence-electron chi connectivity index (χ0n) is 7.43. The van der Waals surface area contributed by atoms with Gasteiger partial charge in [0, 0.05) is 7.05 Å². The third kappa shape index (κ3) is 1.79. The van der Waals surface area contributed by atoms with Gasteiger partial charge in [0.1, 0.15) is 5.82 Å². The van der Waals surface area contributed by atoms with Gasteiger partial charge < -0.3 is 5.43 Å². The van der Waals surface area contributed by atoms with Gasteiger partial charge in [0.2, 0.25) is 0 Å². The Morgan fingerprint density at radius 2 is 1.79 bits per heavy atom. The molecule has 0 spiro atoms. The molecule has 0 aliphatic carbocycles. The van der Waals surface area contributed by atoms with Gasteiger partial charge in [-0.25, -0.2) is 14.7 Å². The smallest absolute Gasteiger partial charge is 0.197 e. The minimum Gasteiger partial charge on any atom is -0.320 e. The molecule has 70 valence electrons. The fourth-order valence-corrected chi connectivity index (χ4v) is 0.961. The molecule has 0 aliphatic rings. The average molecular weight is 190 g/mol. The van der Waals surface area contributed by atoms with Crippen LogP contribution in [0.1, 0.15) is 0 Å². The maximum atomic E-state index is 13.2. The molecule has 0 saturated heterocycles. The normalized spacial score (nSPS) is 8.86. The molecular formula is C9H7FN4. The van der Waals surface area contributed by atoms with E-state index in [2.05, 4.69) is 20.5 Å². The van der Waals surface area contributed by atoms with Crippen molar-refractivity contribution in [3.05, 3.63) is 40.8 Å². The van der Waals surface area contributed by atoms with Crippen molar-refractivity contribution < 1.29 is 4.39 Å². The van der Waals surface area contributed by atoms with Gasteiger partial charge in [-0.2, -0.15) is 0 Å². The van der Waals surface area contributed by atoms with Gasteiger partial charge in [0.25, 0.3) is 0 Å². The van der Waals surface area contributed by atoms with E-state index in [1.165, 1.54) is 6.07 Å². The van der Waals surface area contributed by atoms with Gasteiger partial charge >= 0.3 is 0 Å². The maximum absolute atomic E-state index is 13.2. The Hall–Kier alpha value is -2.11. The molecule has 0 fully saturated rings. The van der Waals surface area contributed by atoms with Crippen LogP contribution in [0, 0.1) is 19.0 Å². The van der Waals surface area contributed by atoms with Crippen LogP contribution in [0.15, 0.2) is 12.1 Å². The Morgan fingerprint density at radius 3 is 2.29 bits per heavy atom. The van der Waals surface area contributed by atoms with E-state index < -0.39 is 5.82 Å². The van der Waals surface area contributed by atoms with Crippen LogP contribution in [0.5, 0.6) is 0 Å². The Labute approximate surface area is 81.0 Å². The van der Waals surface area contributed by atoms with E-state index in [0.29, 0.717) is 0 Å². The first-order chi connectivity index (χ1) is 6.72. The third-order valence-electron chi connectivity index (χ3n) is 1.56. The van der Waals surface area contributed by atoms with Crippen molar-refractivity contribution >= 4 is 17.1 Å². The van der Waals surface area contributed by atoms with Gasteiger partial charge in [-0.1, -0.05) is 0 Å². The molecule has 0 heterocycles. The van der Waals surface area contributed by atoms with E-state index >= 15 is 0 Å². The first-order valence-corrected chi connectivity index (χ1v) is 3.74. The lowest BCUT2D eigenvalue weighted by Crippen LogP contribution is -2.15. The van der Waals surface area contributed by atoms with Crippen molar-refractivity contribution in [3.63, 3.8) is 0 Å². The SMILES string of the molecule is [C-]#[N+]c1cc(F)c(NNC)cc1[N+]#[C-]. The van der Waals surface area contributed by atoms with Crippen molar-refractivity contribution in [1.29, 1.82) is 0 Å². The zero-order valence-corrected chi connectivity index (χ0v) is 7.43. The Bertz CT molecular complexity index is 428. The minimum absolute atomic E-state index is 0.0270. The molecule has 0 aromatic heterocycles. The number of hydrogen-bond donors (Lipinski definition) is 2. The summed E-state index contributed by atoms with van der Waals surface area (Å²) in [6.07, 6.45) is 0. The molecule has 0 unspecified atom stereocenters. The average Bonchev–Trinajstić information content (AvgIpc) is 2.20. The maximum Gasteiger partial charge on any atom is 0.197 e. The highest BCUT2D eigenvalue weighted by molar-refractivity contribution is 5.75. The van der Waals surface area contributed by atoms with Gasteiger partial charge in [0.05, 0.1) is 18.8 Å². The van der Waals surface area contributed by atoms with Crippen LogP contribution in [0.2, 0.25) is 0 Å². The largest absolute Gasteiger partial charge is 0.320 e. The quantitative estimate of drug-likeness (QED) is 0.554. The number of nitrogens with one attached hydrogen (secondary N) is 2. The van der Waals surface area contributed by atoms with E-state index in [-0.39, 0.29) is 17.1 Å². The standard InChI is InChI=1S/C9H7FN4/c1-11-8-4-6(10)7(14-13-3)5-9(8)12-2/h4-5,13-14H,3H3. The number of nitrogens with zero attached hydrogens (tertiary/aromatic N) is 2. The fourth-order valence-electron chi connectivity index (χ4n) is 0.961. The topological polar surface area (TPSA) is 32.8 Å². The van der Waals surface area contributed by atoms with E-state index in [4.69, 9.17) is 13.1 Å². The summed E-state index contributed by atoms with van der Waals surface area (Å²) in [6.45, 7) is 13.5. The molecular weight excluding hydrogens is 183 g/mol. The Balaban J connectivity index is 3.27. The van der Waals surface area contributed by atoms with Crippen molar-refractivity contribution in [2.75, 3.05) is 12.5 Å². The predicted octanol–water partition coefficient (Wildman–Crippen LogP) is 2.47. The van der Waals surface area contributed by atoms with Crippen LogP contribution in [-0.4, -0.2) is 7.05 Å². The molecule has 1 aromatic carbocycles. The summed E-state index contributed by atoms with van der Waals surface area (Å²) in [7, 11) is 1.58. The summed E-state index contributed by atoms with van der Waals surface area (Å²) >= 11 is 0. The molecule has 0 aliphatic heterocycles. The van der Waals surface area contributed by atoms with Crippen molar-refractivity contribution in [2.24, 2.45) is 0 Å². The highest BCUT2D eigenvalue weighted by atomic mass is 19.1. The molecule has 1 rings (SSSR count). The summed E-state index contributed by atoms with van der Waals surface area (Å²) < 4.78 is 13.2. The molecule has 0 radical (unpaired) electrons. The number of benzene rings is 1. The molecule has 0 bridgehead atoms. The number of halogens is 1. The molecule has 14 heavy (non-hydrogen) atoms. The number of rotatable bonds is 2. The van der Waals surface area contributed by atoms with Crippen LogP contribution in [0.4, 0.5) is 21.5 Å². The molecule has 2 N–H and O–H groups in total. The lowest BCUT2D eigenvalue weighted by Gasteiger charge is -2.06. The van der Waals surface area contributed by atoms with E-state index in [0.717, 1.165) is 6.07 Å². The van der Waals surface area contributed by atoms with Crippen LogP contribution in [-0.2, 0) is 0 Å². The van der Waals surface area contributed by atoms with Gasteiger partial charge in [-0.05, 0) is 12.1 Å². The monoisotopic (exact) mass is 190 g/mol. The van der Waals surface area contributed by atoms with E-state index in [9.17, 15) is 4.39 Å². The number of hydrogen-bond acceptors (Lipinski definition) is 2. The zero-order chi connectivity index (χ0) is 10.6. The lowest BCUT2D eigenvalue weighted by molar-refractivity contribution is 0.629. The third-order valence-corrected chi connectivity index (χ3v) is 1.56. The number of hydrazine groups is 1. The summed E-state index contributed by atoms with van der Waals surface area (Å²) in [6, 6.07) is 2.34. The van der Waals surface area contributed by atoms with Crippen molar-refractivity contribution in [3.8, 4) is 0 Å². The van der Waals surface area contributed by atoms with E-state index in [1.807, 2.05) is 0 Å². The molecule has 5 heteroatoms. The van der Waals surface area contributed by atoms with Crippen LogP contribution in [0.25, 0.3) is 9.69 Å². The highest BCUT2D eigenvalue weighted by Gasteiger charge is 2.08. The second-order valence-corrected chi connectivity index (χ2v) is 2.42. The van der Waals surface area contributed by atoms with Gasteiger partial charge in [-0.3, -0.25) is 4.85 Å². The molecule has 0 atom stereocenters. The first kappa shape index (κ1) is 9.97. The van der Waals surface area contributed by atoms with Crippen LogP contribution < -0.4 is 10.9 Å². The fraction of sp³-hybridized carbons (Fsp3) is 0.111. The van der Waals surface area contributed by atoms with Crippen LogP contribution in [0.3, 0.4) is 0 Å². The first-order valence-electron chi connectivity index (χ1n) is 3.74. The Morgan fingerprint density at radius 1 is 1.21 bits per heavy atom.